The summed E-state index contributed by atoms with van der Waals surface area (Å²) >= 11 is 0. The molecule has 1 unspecified atom stereocenters. The molecule has 1 fully saturated rings. The van der Waals surface area contributed by atoms with Crippen LogP contribution in [0, 0.1) is 11.8 Å². The summed E-state index contributed by atoms with van der Waals surface area (Å²) in [6.45, 7) is 2.28. The maximum Gasteiger partial charge on any atom is 0.318 e. The molecular formula is C36H54O2. The van der Waals surface area contributed by atoms with Crippen molar-refractivity contribution in [2.24, 2.45) is 11.8 Å². The van der Waals surface area contributed by atoms with Gasteiger partial charge < -0.3 is 5.11 Å². The lowest BCUT2D eigenvalue weighted by Gasteiger charge is -2.44. The van der Waals surface area contributed by atoms with E-state index >= 15 is 0 Å². The molecule has 0 aliphatic heterocycles. The van der Waals surface area contributed by atoms with E-state index in [1.807, 2.05) is 36.4 Å². The van der Waals surface area contributed by atoms with E-state index in [0.717, 1.165) is 36.8 Å². The zero-order valence-corrected chi connectivity index (χ0v) is 24.2. The van der Waals surface area contributed by atoms with Gasteiger partial charge in [0, 0.05) is 0 Å². The number of carbonyl (C=O) groups is 1. The van der Waals surface area contributed by atoms with Crippen molar-refractivity contribution < 1.29 is 9.90 Å². The quantitative estimate of drug-likeness (QED) is 0.188. The van der Waals surface area contributed by atoms with Crippen molar-refractivity contribution in [3.63, 3.8) is 0 Å². The molecule has 3 rings (SSSR count). The van der Waals surface area contributed by atoms with Crippen LogP contribution in [0.3, 0.4) is 0 Å². The van der Waals surface area contributed by atoms with Crippen LogP contribution >= 0.6 is 0 Å². The summed E-state index contributed by atoms with van der Waals surface area (Å²) in [6.07, 6.45) is 24.5. The van der Waals surface area contributed by atoms with Gasteiger partial charge in [0.15, 0.2) is 0 Å². The highest BCUT2D eigenvalue weighted by Crippen LogP contribution is 2.49. The SMILES string of the molecule is CCCCCCCCCCCCCCCC(C1CCCCC1)C(C(=O)O)(c1ccccc1)c1ccccc1. The van der Waals surface area contributed by atoms with Crippen LogP contribution in [0.5, 0.6) is 0 Å². The van der Waals surface area contributed by atoms with Gasteiger partial charge >= 0.3 is 5.97 Å². The molecule has 1 N–H and O–H groups in total. The molecule has 0 spiro atoms. The number of rotatable bonds is 19. The van der Waals surface area contributed by atoms with Crippen molar-refractivity contribution in [1.29, 1.82) is 0 Å². The van der Waals surface area contributed by atoms with E-state index in [4.69, 9.17) is 0 Å². The van der Waals surface area contributed by atoms with Crippen molar-refractivity contribution in [2.75, 3.05) is 0 Å². The average Bonchev–Trinajstić information content (AvgIpc) is 2.96. The molecule has 2 aromatic rings. The predicted molar refractivity (Wildman–Crippen MR) is 162 cm³/mol. The monoisotopic (exact) mass is 518 g/mol. The fraction of sp³-hybridized carbons (Fsp3) is 0.639. The molecule has 0 bridgehead atoms. The smallest absolute Gasteiger partial charge is 0.318 e. The lowest BCUT2D eigenvalue weighted by Crippen LogP contribution is -2.47. The lowest BCUT2D eigenvalue weighted by atomic mass is 9.58. The Balaban J connectivity index is 1.62. The second-order valence-corrected chi connectivity index (χ2v) is 11.9. The van der Waals surface area contributed by atoms with E-state index in [-0.39, 0.29) is 5.92 Å². The molecule has 1 aliphatic carbocycles. The first-order valence-corrected chi connectivity index (χ1v) is 16.1. The lowest BCUT2D eigenvalue weighted by molar-refractivity contribution is -0.145. The number of hydrogen-bond donors (Lipinski definition) is 1. The topological polar surface area (TPSA) is 37.3 Å². The number of unbranched alkanes of at least 4 members (excludes halogenated alkanes) is 12. The average molecular weight is 519 g/mol. The fourth-order valence-corrected chi connectivity index (χ4v) is 7.13. The normalized spacial score (nSPS) is 15.4. The number of hydrogen-bond acceptors (Lipinski definition) is 1. The Labute approximate surface area is 233 Å². The molecule has 0 saturated heterocycles. The van der Waals surface area contributed by atoms with Gasteiger partial charge in [-0.05, 0) is 29.4 Å². The molecule has 0 aromatic heterocycles. The molecule has 0 radical (unpaired) electrons. The molecule has 1 saturated carbocycles. The van der Waals surface area contributed by atoms with Crippen LogP contribution in [-0.2, 0) is 10.2 Å². The van der Waals surface area contributed by atoms with E-state index in [1.165, 1.54) is 96.3 Å². The summed E-state index contributed by atoms with van der Waals surface area (Å²) in [5, 5.41) is 11.0. The molecule has 2 heteroatoms. The van der Waals surface area contributed by atoms with Gasteiger partial charge in [-0.2, -0.15) is 0 Å². The molecule has 0 heterocycles. The van der Waals surface area contributed by atoms with Crippen LogP contribution in [0.4, 0.5) is 0 Å². The number of carboxylic acid groups (broad SMARTS) is 1. The second-order valence-electron chi connectivity index (χ2n) is 11.9. The summed E-state index contributed by atoms with van der Waals surface area (Å²) in [5.74, 6) is -0.0874. The van der Waals surface area contributed by atoms with Crippen LogP contribution in [0.2, 0.25) is 0 Å². The van der Waals surface area contributed by atoms with Gasteiger partial charge in [-0.1, -0.05) is 183 Å². The van der Waals surface area contributed by atoms with Crippen molar-refractivity contribution in [3.8, 4) is 0 Å². The van der Waals surface area contributed by atoms with Gasteiger partial charge in [0.25, 0.3) is 0 Å². The van der Waals surface area contributed by atoms with Crippen LogP contribution in [0.15, 0.2) is 60.7 Å². The van der Waals surface area contributed by atoms with Gasteiger partial charge in [-0.3, -0.25) is 4.79 Å². The Morgan fingerprint density at radius 2 is 1.11 bits per heavy atom. The van der Waals surface area contributed by atoms with Gasteiger partial charge in [-0.15, -0.1) is 0 Å². The van der Waals surface area contributed by atoms with E-state index in [9.17, 15) is 9.90 Å². The van der Waals surface area contributed by atoms with Gasteiger partial charge in [0.1, 0.15) is 5.41 Å². The molecule has 38 heavy (non-hydrogen) atoms. The Kier molecular flexibility index (Phi) is 14.0. The third-order valence-corrected chi connectivity index (χ3v) is 9.19. The van der Waals surface area contributed by atoms with E-state index in [2.05, 4.69) is 31.2 Å². The zero-order valence-electron chi connectivity index (χ0n) is 24.2. The van der Waals surface area contributed by atoms with Gasteiger partial charge in [0.05, 0.1) is 0 Å². The molecule has 2 nitrogen and oxygen atoms in total. The van der Waals surface area contributed by atoms with Crippen molar-refractivity contribution in [2.45, 2.75) is 134 Å². The molecule has 0 amide bonds. The maximum atomic E-state index is 13.4. The van der Waals surface area contributed by atoms with Crippen molar-refractivity contribution in [3.05, 3.63) is 71.8 Å². The highest BCUT2D eigenvalue weighted by Gasteiger charge is 2.51. The van der Waals surface area contributed by atoms with Crippen molar-refractivity contribution in [1.82, 2.24) is 0 Å². The minimum atomic E-state index is -0.984. The Bertz CT molecular complexity index is 829. The Hall–Kier alpha value is -2.09. The molecular weight excluding hydrogens is 464 g/mol. The van der Waals surface area contributed by atoms with Crippen LogP contribution < -0.4 is 0 Å². The van der Waals surface area contributed by atoms with Gasteiger partial charge in [0.2, 0.25) is 0 Å². The summed E-state index contributed by atoms with van der Waals surface area (Å²) in [6, 6.07) is 20.3. The highest BCUT2D eigenvalue weighted by molar-refractivity contribution is 5.86. The molecule has 1 aliphatic rings. The first kappa shape index (κ1) is 30.5. The van der Waals surface area contributed by atoms with E-state index < -0.39 is 11.4 Å². The van der Waals surface area contributed by atoms with E-state index in [1.54, 1.807) is 0 Å². The molecule has 210 valence electrons. The Morgan fingerprint density at radius 3 is 1.53 bits per heavy atom. The molecule has 1 atom stereocenters. The third kappa shape index (κ3) is 8.72. The molecule has 2 aromatic carbocycles. The summed E-state index contributed by atoms with van der Waals surface area (Å²) in [7, 11) is 0. The first-order chi connectivity index (χ1) is 18.7. The zero-order chi connectivity index (χ0) is 26.9. The van der Waals surface area contributed by atoms with Gasteiger partial charge in [-0.25, -0.2) is 0 Å². The number of benzene rings is 2. The predicted octanol–water partition coefficient (Wildman–Crippen LogP) is 10.7. The standard InChI is InChI=1S/C36H54O2/c1-2-3-4-5-6-7-8-9-10-11-12-13-23-30-34(31-24-17-14-18-25-31)36(35(37)38,32-26-19-15-20-27-32)33-28-21-16-22-29-33/h15-16,19-22,26-29,31,34H,2-14,17-18,23-25,30H2,1H3,(H,37,38). The highest BCUT2D eigenvalue weighted by atomic mass is 16.4. The minimum Gasteiger partial charge on any atom is -0.480 e. The minimum absolute atomic E-state index is 0.123. The van der Waals surface area contributed by atoms with Crippen LogP contribution in [0.1, 0.15) is 140 Å². The number of carboxylic acids is 1. The van der Waals surface area contributed by atoms with Crippen LogP contribution in [0.25, 0.3) is 0 Å². The summed E-state index contributed by atoms with van der Waals surface area (Å²) in [5.41, 5.74) is 0.912. The summed E-state index contributed by atoms with van der Waals surface area (Å²) in [4.78, 5) is 13.4. The van der Waals surface area contributed by atoms with Crippen LogP contribution in [-0.4, -0.2) is 11.1 Å². The fourth-order valence-electron chi connectivity index (χ4n) is 7.13. The first-order valence-electron chi connectivity index (χ1n) is 16.1. The summed E-state index contributed by atoms with van der Waals surface area (Å²) < 4.78 is 0. The largest absolute Gasteiger partial charge is 0.480 e. The third-order valence-electron chi connectivity index (χ3n) is 9.19. The number of aliphatic carboxylic acids is 1. The maximum absolute atomic E-state index is 13.4. The Morgan fingerprint density at radius 1 is 0.684 bits per heavy atom. The van der Waals surface area contributed by atoms with Crippen molar-refractivity contribution >= 4 is 5.97 Å². The second kappa shape index (κ2) is 17.5. The van der Waals surface area contributed by atoms with E-state index in [0.29, 0.717) is 5.92 Å².